The molecule has 14 heavy (non-hydrogen) atoms. The zero-order valence-corrected chi connectivity index (χ0v) is 8.90. The number of carboxylic acid groups (broad SMARTS) is 1. The summed E-state index contributed by atoms with van der Waals surface area (Å²) in [4.78, 5) is 13.0. The lowest BCUT2D eigenvalue weighted by Gasteiger charge is -2.34. The highest BCUT2D eigenvalue weighted by Gasteiger charge is 2.28. The molecule has 0 aliphatic carbocycles. The summed E-state index contributed by atoms with van der Waals surface area (Å²) in [5, 5.41) is 9.01. The Morgan fingerprint density at radius 1 is 1.64 bits per heavy atom. The molecule has 1 rings (SSSR count). The predicted molar refractivity (Wildman–Crippen MR) is 53.3 cm³/mol. The van der Waals surface area contributed by atoms with E-state index in [-0.39, 0.29) is 12.1 Å². The third-order valence-electron chi connectivity index (χ3n) is 2.79. The molecule has 0 spiro atoms. The van der Waals surface area contributed by atoms with Crippen molar-refractivity contribution >= 4 is 5.97 Å². The first-order valence-electron chi connectivity index (χ1n) is 5.14. The number of methoxy groups -OCH3 is 1. The molecule has 0 saturated carbocycles. The normalized spacial score (nSPS) is 26.0. The number of hydrogen-bond acceptors (Lipinski definition) is 3. The van der Waals surface area contributed by atoms with E-state index in [2.05, 4.69) is 0 Å². The van der Waals surface area contributed by atoms with Crippen LogP contribution >= 0.6 is 0 Å². The van der Waals surface area contributed by atoms with Gasteiger partial charge in [0.2, 0.25) is 0 Å². The Labute approximate surface area is 84.8 Å². The molecule has 1 N–H and O–H groups in total. The molecule has 0 aromatic heterocycles. The lowest BCUT2D eigenvalue weighted by atomic mass is 10.0. The average molecular weight is 201 g/mol. The van der Waals surface area contributed by atoms with Gasteiger partial charge in [0.1, 0.15) is 6.04 Å². The van der Waals surface area contributed by atoms with Crippen molar-refractivity contribution in [2.24, 2.45) is 0 Å². The third-order valence-corrected chi connectivity index (χ3v) is 2.79. The molecule has 0 amide bonds. The Hall–Kier alpha value is -0.610. The summed E-state index contributed by atoms with van der Waals surface area (Å²) in [6.07, 6.45) is 3.00. The van der Waals surface area contributed by atoms with Crippen LogP contribution in [0.5, 0.6) is 0 Å². The van der Waals surface area contributed by atoms with Crippen LogP contribution in [0.1, 0.15) is 26.2 Å². The van der Waals surface area contributed by atoms with Crippen molar-refractivity contribution < 1.29 is 14.6 Å². The molecule has 0 bridgehead atoms. The van der Waals surface area contributed by atoms with Gasteiger partial charge in [0.25, 0.3) is 0 Å². The van der Waals surface area contributed by atoms with E-state index in [1.807, 2.05) is 11.8 Å². The number of carboxylic acids is 1. The molecule has 2 unspecified atom stereocenters. The molecule has 4 nitrogen and oxygen atoms in total. The quantitative estimate of drug-likeness (QED) is 0.736. The van der Waals surface area contributed by atoms with Crippen molar-refractivity contribution in [1.82, 2.24) is 4.90 Å². The Kier molecular flexibility index (Phi) is 4.35. The molecule has 0 aromatic rings. The molecular formula is C10H19NO3. The van der Waals surface area contributed by atoms with Crippen LogP contribution in [0, 0.1) is 0 Å². The molecule has 1 fully saturated rings. The Morgan fingerprint density at radius 2 is 2.36 bits per heavy atom. The maximum atomic E-state index is 11.0. The fraction of sp³-hybridized carbons (Fsp3) is 0.900. The van der Waals surface area contributed by atoms with Crippen molar-refractivity contribution in [3.63, 3.8) is 0 Å². The molecule has 1 heterocycles. The minimum atomic E-state index is -0.701. The summed E-state index contributed by atoms with van der Waals surface area (Å²) in [6, 6.07) is -0.304. The largest absolute Gasteiger partial charge is 0.480 e. The molecule has 1 saturated heterocycles. The van der Waals surface area contributed by atoms with Crippen LogP contribution in [-0.4, -0.2) is 48.3 Å². The minimum absolute atomic E-state index is 0.106. The van der Waals surface area contributed by atoms with Crippen molar-refractivity contribution in [3.8, 4) is 0 Å². The van der Waals surface area contributed by atoms with E-state index in [1.165, 1.54) is 0 Å². The van der Waals surface area contributed by atoms with E-state index in [9.17, 15) is 4.79 Å². The lowest BCUT2D eigenvalue weighted by molar-refractivity contribution is -0.145. The second-order valence-corrected chi connectivity index (χ2v) is 3.89. The fourth-order valence-electron chi connectivity index (χ4n) is 1.89. The third kappa shape index (κ3) is 2.96. The van der Waals surface area contributed by atoms with Crippen LogP contribution in [0.4, 0.5) is 0 Å². The number of rotatable bonds is 4. The van der Waals surface area contributed by atoms with Gasteiger partial charge < -0.3 is 9.84 Å². The number of aliphatic carboxylic acids is 1. The van der Waals surface area contributed by atoms with Gasteiger partial charge >= 0.3 is 5.97 Å². The van der Waals surface area contributed by atoms with Crippen LogP contribution in [0.3, 0.4) is 0 Å². The molecule has 2 atom stereocenters. The van der Waals surface area contributed by atoms with Crippen LogP contribution in [0.2, 0.25) is 0 Å². The molecule has 4 heteroatoms. The van der Waals surface area contributed by atoms with E-state index >= 15 is 0 Å². The summed E-state index contributed by atoms with van der Waals surface area (Å²) in [5.41, 5.74) is 0. The Balaban J connectivity index is 2.49. The second kappa shape index (κ2) is 5.32. The lowest BCUT2D eigenvalue weighted by Crippen LogP contribution is -2.47. The number of ether oxygens (including phenoxy) is 1. The zero-order chi connectivity index (χ0) is 10.6. The minimum Gasteiger partial charge on any atom is -0.480 e. The van der Waals surface area contributed by atoms with E-state index < -0.39 is 5.97 Å². The fourth-order valence-corrected chi connectivity index (χ4v) is 1.89. The molecule has 0 radical (unpaired) electrons. The molecule has 1 aliphatic rings. The maximum absolute atomic E-state index is 11.0. The standard InChI is InChI=1S/C10H19NO3/c1-8(14-2)7-11-6-4-3-5-9(11)10(12)13/h8-9H,3-7H2,1-2H3,(H,12,13). The highest BCUT2D eigenvalue weighted by molar-refractivity contribution is 5.73. The Morgan fingerprint density at radius 3 is 2.93 bits per heavy atom. The number of likely N-dealkylation sites (tertiary alicyclic amines) is 1. The van der Waals surface area contributed by atoms with Gasteiger partial charge in [-0.25, -0.2) is 0 Å². The highest BCUT2D eigenvalue weighted by atomic mass is 16.5. The summed E-state index contributed by atoms with van der Waals surface area (Å²) in [6.45, 7) is 3.56. The summed E-state index contributed by atoms with van der Waals surface area (Å²) in [7, 11) is 1.66. The SMILES string of the molecule is COC(C)CN1CCCCC1C(=O)O. The number of nitrogens with zero attached hydrogens (tertiary/aromatic N) is 1. The van der Waals surface area contributed by atoms with Gasteiger partial charge in [0.05, 0.1) is 6.10 Å². The summed E-state index contributed by atoms with van der Waals surface area (Å²) in [5.74, 6) is -0.701. The zero-order valence-electron chi connectivity index (χ0n) is 8.90. The van der Waals surface area contributed by atoms with Crippen molar-refractivity contribution in [2.75, 3.05) is 20.2 Å². The second-order valence-electron chi connectivity index (χ2n) is 3.89. The van der Waals surface area contributed by atoms with E-state index in [1.54, 1.807) is 7.11 Å². The van der Waals surface area contributed by atoms with Crippen LogP contribution < -0.4 is 0 Å². The summed E-state index contributed by atoms with van der Waals surface area (Å²) < 4.78 is 5.15. The number of carbonyl (C=O) groups is 1. The number of hydrogen-bond donors (Lipinski definition) is 1. The molecule has 0 aromatic carbocycles. The highest BCUT2D eigenvalue weighted by Crippen LogP contribution is 2.17. The average Bonchev–Trinajstić information content (AvgIpc) is 2.18. The van der Waals surface area contributed by atoms with Gasteiger partial charge in [0.15, 0.2) is 0 Å². The van der Waals surface area contributed by atoms with Gasteiger partial charge in [-0.15, -0.1) is 0 Å². The van der Waals surface area contributed by atoms with Crippen LogP contribution in [0.15, 0.2) is 0 Å². The molecule has 1 aliphatic heterocycles. The van der Waals surface area contributed by atoms with E-state index in [0.717, 1.165) is 25.8 Å². The Bertz CT molecular complexity index is 196. The van der Waals surface area contributed by atoms with Gasteiger partial charge in [-0.2, -0.15) is 0 Å². The van der Waals surface area contributed by atoms with Gasteiger partial charge in [0, 0.05) is 13.7 Å². The summed E-state index contributed by atoms with van der Waals surface area (Å²) >= 11 is 0. The first-order valence-corrected chi connectivity index (χ1v) is 5.14. The molecular weight excluding hydrogens is 182 g/mol. The van der Waals surface area contributed by atoms with E-state index in [4.69, 9.17) is 9.84 Å². The smallest absolute Gasteiger partial charge is 0.320 e. The van der Waals surface area contributed by atoms with Crippen molar-refractivity contribution in [1.29, 1.82) is 0 Å². The monoisotopic (exact) mass is 201 g/mol. The topological polar surface area (TPSA) is 49.8 Å². The van der Waals surface area contributed by atoms with Gasteiger partial charge in [-0.1, -0.05) is 6.42 Å². The first-order chi connectivity index (χ1) is 6.65. The number of piperidine rings is 1. The maximum Gasteiger partial charge on any atom is 0.320 e. The van der Waals surface area contributed by atoms with Crippen molar-refractivity contribution in [3.05, 3.63) is 0 Å². The van der Waals surface area contributed by atoms with Crippen LogP contribution in [-0.2, 0) is 9.53 Å². The van der Waals surface area contributed by atoms with Gasteiger partial charge in [-0.05, 0) is 26.3 Å². The van der Waals surface area contributed by atoms with Crippen molar-refractivity contribution in [2.45, 2.75) is 38.3 Å². The molecule has 82 valence electrons. The van der Waals surface area contributed by atoms with E-state index in [0.29, 0.717) is 6.54 Å². The van der Waals surface area contributed by atoms with Crippen LogP contribution in [0.25, 0.3) is 0 Å². The van der Waals surface area contributed by atoms with Gasteiger partial charge in [-0.3, -0.25) is 9.69 Å². The predicted octanol–water partition coefficient (Wildman–Crippen LogP) is 0.960. The first kappa shape index (κ1) is 11.5.